The molecule has 0 aliphatic heterocycles. The van der Waals surface area contributed by atoms with Gasteiger partial charge in [-0.2, -0.15) is 0 Å². The highest BCUT2D eigenvalue weighted by atomic mass is 35.5. The van der Waals surface area contributed by atoms with Crippen LogP contribution >= 0.6 is 36.2 Å². The minimum atomic E-state index is -0.0184. The lowest BCUT2D eigenvalue weighted by molar-refractivity contribution is -0.125. The Balaban J connectivity index is 0. The predicted octanol–water partition coefficient (Wildman–Crippen LogP) is 2.72. The van der Waals surface area contributed by atoms with Crippen molar-refractivity contribution in [3.63, 3.8) is 0 Å². The molecular weight excluding hydrogens is 305 g/mol. The van der Waals surface area contributed by atoms with Crippen molar-refractivity contribution in [1.82, 2.24) is 15.6 Å². The van der Waals surface area contributed by atoms with Gasteiger partial charge in [0.1, 0.15) is 5.01 Å². The number of halogens is 2. The summed E-state index contributed by atoms with van der Waals surface area (Å²) in [4.78, 5) is 16.3. The van der Waals surface area contributed by atoms with Gasteiger partial charge in [0.05, 0.1) is 6.04 Å². The van der Waals surface area contributed by atoms with Crippen LogP contribution in [0.5, 0.6) is 0 Å². The first kappa shape index (κ1) is 20.9. The lowest BCUT2D eigenvalue weighted by Gasteiger charge is -2.17. The molecule has 0 bridgehead atoms. The Morgan fingerprint density at radius 2 is 2.11 bits per heavy atom. The maximum Gasteiger partial charge on any atom is 0.224 e. The number of hydrogen-bond donors (Lipinski definition) is 2. The zero-order valence-electron chi connectivity index (χ0n) is 11.7. The van der Waals surface area contributed by atoms with Gasteiger partial charge in [-0.15, -0.1) is 36.2 Å². The largest absolute Gasteiger partial charge is 0.347 e. The van der Waals surface area contributed by atoms with Gasteiger partial charge in [0.15, 0.2) is 0 Å². The van der Waals surface area contributed by atoms with Crippen molar-refractivity contribution in [1.29, 1.82) is 0 Å². The molecule has 0 aliphatic rings. The number of rotatable bonds is 6. The summed E-state index contributed by atoms with van der Waals surface area (Å²) in [6, 6.07) is 0.0421. The third-order valence-corrected chi connectivity index (χ3v) is 3.69. The van der Waals surface area contributed by atoms with Crippen LogP contribution in [-0.2, 0) is 4.79 Å². The van der Waals surface area contributed by atoms with E-state index in [0.29, 0.717) is 6.54 Å². The van der Waals surface area contributed by atoms with Crippen molar-refractivity contribution in [2.45, 2.75) is 33.2 Å². The van der Waals surface area contributed by atoms with E-state index in [2.05, 4.69) is 22.5 Å². The third-order valence-electron chi connectivity index (χ3n) is 2.62. The van der Waals surface area contributed by atoms with Gasteiger partial charge in [0, 0.05) is 23.5 Å². The number of aryl methyl sites for hydroxylation is 1. The Kier molecular flexibility index (Phi) is 11.5. The minimum absolute atomic E-state index is 0. The number of carbonyl (C=O) groups excluding carboxylic acids is 1. The maximum atomic E-state index is 11.9. The lowest BCUT2D eigenvalue weighted by Crippen LogP contribution is -2.36. The van der Waals surface area contributed by atoms with Crippen LogP contribution < -0.4 is 10.6 Å². The fourth-order valence-electron chi connectivity index (χ4n) is 1.58. The molecule has 0 radical (unpaired) electrons. The SMILES string of the molecule is CCC(NC(=O)C(C)CNC)c1nc(C)cs1.Cl.Cl. The third kappa shape index (κ3) is 6.56. The van der Waals surface area contributed by atoms with Crippen molar-refractivity contribution >= 4 is 42.1 Å². The van der Waals surface area contributed by atoms with Gasteiger partial charge >= 0.3 is 0 Å². The molecule has 0 saturated carbocycles. The van der Waals surface area contributed by atoms with Crippen LogP contribution in [-0.4, -0.2) is 24.5 Å². The van der Waals surface area contributed by atoms with E-state index in [0.717, 1.165) is 17.1 Å². The summed E-state index contributed by atoms with van der Waals surface area (Å²) in [5.74, 6) is 0.0640. The van der Waals surface area contributed by atoms with E-state index in [1.807, 2.05) is 26.3 Å². The maximum absolute atomic E-state index is 11.9. The average Bonchev–Trinajstić information content (AvgIpc) is 2.72. The van der Waals surface area contributed by atoms with Gasteiger partial charge in [0.25, 0.3) is 0 Å². The quantitative estimate of drug-likeness (QED) is 0.844. The van der Waals surface area contributed by atoms with Crippen LogP contribution in [0.1, 0.15) is 37.0 Å². The number of amides is 1. The Morgan fingerprint density at radius 3 is 2.53 bits per heavy atom. The number of hydrogen-bond acceptors (Lipinski definition) is 4. The Morgan fingerprint density at radius 1 is 1.47 bits per heavy atom. The number of thiazole rings is 1. The summed E-state index contributed by atoms with van der Waals surface area (Å²) in [6.07, 6.45) is 0.866. The van der Waals surface area contributed by atoms with Crippen LogP contribution in [0.15, 0.2) is 5.38 Å². The highest BCUT2D eigenvalue weighted by Gasteiger charge is 2.19. The molecule has 2 atom stereocenters. The van der Waals surface area contributed by atoms with E-state index in [9.17, 15) is 4.79 Å². The Labute approximate surface area is 131 Å². The number of nitrogens with zero attached hydrogens (tertiary/aromatic N) is 1. The molecule has 1 heterocycles. The monoisotopic (exact) mass is 327 g/mol. The fraction of sp³-hybridized carbons (Fsp3) is 0.667. The molecule has 1 amide bonds. The molecule has 4 nitrogen and oxygen atoms in total. The van der Waals surface area contributed by atoms with Crippen LogP contribution in [0, 0.1) is 12.8 Å². The summed E-state index contributed by atoms with van der Waals surface area (Å²) < 4.78 is 0. The van der Waals surface area contributed by atoms with Crippen LogP contribution in [0.2, 0.25) is 0 Å². The van der Waals surface area contributed by atoms with Gasteiger partial charge in [-0.05, 0) is 20.4 Å². The molecule has 112 valence electrons. The highest BCUT2D eigenvalue weighted by molar-refractivity contribution is 7.09. The predicted molar refractivity (Wildman–Crippen MR) is 85.6 cm³/mol. The molecule has 0 fully saturated rings. The smallest absolute Gasteiger partial charge is 0.224 e. The highest BCUT2D eigenvalue weighted by Crippen LogP contribution is 2.21. The van der Waals surface area contributed by atoms with Crippen molar-refractivity contribution in [2.75, 3.05) is 13.6 Å². The van der Waals surface area contributed by atoms with Crippen molar-refractivity contribution < 1.29 is 4.79 Å². The molecule has 19 heavy (non-hydrogen) atoms. The molecule has 7 heteroatoms. The summed E-state index contributed by atoms with van der Waals surface area (Å²) in [5.41, 5.74) is 1.01. The summed E-state index contributed by atoms with van der Waals surface area (Å²) >= 11 is 1.61. The Hall–Kier alpha value is -0.360. The summed E-state index contributed by atoms with van der Waals surface area (Å²) in [6.45, 7) is 6.65. The zero-order valence-corrected chi connectivity index (χ0v) is 14.2. The Bertz CT molecular complexity index is 374. The summed E-state index contributed by atoms with van der Waals surface area (Å²) in [7, 11) is 1.85. The van der Waals surface area contributed by atoms with Crippen molar-refractivity contribution in [3.8, 4) is 0 Å². The van der Waals surface area contributed by atoms with E-state index >= 15 is 0 Å². The average molecular weight is 328 g/mol. The van der Waals surface area contributed by atoms with Gasteiger partial charge in [-0.1, -0.05) is 13.8 Å². The molecular formula is C12H23Cl2N3OS. The van der Waals surface area contributed by atoms with E-state index in [1.54, 1.807) is 11.3 Å². The molecule has 0 spiro atoms. The van der Waals surface area contributed by atoms with Crippen molar-refractivity contribution in [3.05, 3.63) is 16.1 Å². The van der Waals surface area contributed by atoms with Gasteiger partial charge in [-0.3, -0.25) is 4.79 Å². The molecule has 0 aliphatic carbocycles. The first-order valence-corrected chi connectivity index (χ1v) is 6.83. The van der Waals surface area contributed by atoms with Crippen molar-refractivity contribution in [2.24, 2.45) is 5.92 Å². The molecule has 0 aromatic carbocycles. The van der Waals surface area contributed by atoms with Crippen LogP contribution in [0.25, 0.3) is 0 Å². The normalized spacial score (nSPS) is 12.8. The molecule has 1 aromatic rings. The number of aromatic nitrogens is 1. The van der Waals surface area contributed by atoms with E-state index < -0.39 is 0 Å². The van der Waals surface area contributed by atoms with Gasteiger partial charge in [0.2, 0.25) is 5.91 Å². The second kappa shape index (κ2) is 10.4. The molecule has 2 N–H and O–H groups in total. The molecule has 2 unspecified atom stereocenters. The molecule has 0 saturated heterocycles. The zero-order chi connectivity index (χ0) is 12.8. The minimum Gasteiger partial charge on any atom is -0.347 e. The van der Waals surface area contributed by atoms with Crippen LogP contribution in [0.3, 0.4) is 0 Å². The van der Waals surface area contributed by atoms with E-state index in [1.165, 1.54) is 0 Å². The van der Waals surface area contributed by atoms with E-state index in [-0.39, 0.29) is 42.7 Å². The topological polar surface area (TPSA) is 54.0 Å². The van der Waals surface area contributed by atoms with Crippen LogP contribution in [0.4, 0.5) is 0 Å². The second-order valence-corrected chi connectivity index (χ2v) is 5.14. The van der Waals surface area contributed by atoms with Gasteiger partial charge in [-0.25, -0.2) is 4.98 Å². The first-order valence-electron chi connectivity index (χ1n) is 5.95. The van der Waals surface area contributed by atoms with Gasteiger partial charge < -0.3 is 10.6 Å². The number of nitrogens with one attached hydrogen (secondary N) is 2. The molecule has 1 rings (SSSR count). The second-order valence-electron chi connectivity index (χ2n) is 4.26. The fourth-order valence-corrected chi connectivity index (χ4v) is 2.51. The standard InChI is InChI=1S/C12H21N3OS.2ClH/c1-5-10(12-14-9(3)7-17-12)15-11(16)8(2)6-13-4;;/h7-8,10,13H,5-6H2,1-4H3,(H,15,16);2*1H. The lowest BCUT2D eigenvalue weighted by atomic mass is 10.1. The molecule has 1 aromatic heterocycles. The van der Waals surface area contributed by atoms with E-state index in [4.69, 9.17) is 0 Å². The number of carbonyl (C=O) groups is 1. The first-order chi connectivity index (χ1) is 8.08. The summed E-state index contributed by atoms with van der Waals surface area (Å²) in [5, 5.41) is 9.07.